The summed E-state index contributed by atoms with van der Waals surface area (Å²) in [5.74, 6) is 0.349. The van der Waals surface area contributed by atoms with Crippen LogP contribution in [0.2, 0.25) is 0 Å². The molecule has 1 fully saturated rings. The van der Waals surface area contributed by atoms with Gasteiger partial charge < -0.3 is 10.4 Å². The van der Waals surface area contributed by atoms with E-state index >= 15 is 0 Å². The molecule has 1 aromatic carbocycles. The minimum absolute atomic E-state index is 0.136. The highest BCUT2D eigenvalue weighted by molar-refractivity contribution is 5.24. The predicted molar refractivity (Wildman–Crippen MR) is 66.4 cm³/mol. The molecular weight excluding hydrogens is 212 g/mol. The largest absolute Gasteiger partial charge is 0.392 e. The molecule has 0 heterocycles. The van der Waals surface area contributed by atoms with E-state index in [9.17, 15) is 5.11 Å². The summed E-state index contributed by atoms with van der Waals surface area (Å²) in [4.78, 5) is 0. The minimum Gasteiger partial charge on any atom is -0.392 e. The SMILES string of the molecule is N#CC(CNCC(O)C1CC1)c1ccccc1. The Balaban J connectivity index is 1.78. The number of nitrogens with zero attached hydrogens (tertiary/aromatic N) is 1. The molecule has 2 N–H and O–H groups in total. The van der Waals surface area contributed by atoms with Crippen molar-refractivity contribution >= 4 is 0 Å². The Morgan fingerprint density at radius 2 is 2.00 bits per heavy atom. The number of nitrogens with one attached hydrogen (secondary N) is 1. The van der Waals surface area contributed by atoms with Crippen molar-refractivity contribution in [3.05, 3.63) is 35.9 Å². The molecule has 0 amide bonds. The van der Waals surface area contributed by atoms with Gasteiger partial charge in [0.2, 0.25) is 0 Å². The molecule has 0 aromatic heterocycles. The Hall–Kier alpha value is -1.37. The maximum absolute atomic E-state index is 9.70. The van der Waals surface area contributed by atoms with Crippen LogP contribution >= 0.6 is 0 Å². The number of benzene rings is 1. The van der Waals surface area contributed by atoms with Crippen LogP contribution in [0.15, 0.2) is 30.3 Å². The Morgan fingerprint density at radius 3 is 2.59 bits per heavy atom. The fourth-order valence-corrected chi connectivity index (χ4v) is 1.95. The van der Waals surface area contributed by atoms with Gasteiger partial charge in [-0.05, 0) is 24.3 Å². The first kappa shape index (κ1) is 12.1. The Labute approximate surface area is 102 Å². The lowest BCUT2D eigenvalue weighted by Gasteiger charge is -2.13. The van der Waals surface area contributed by atoms with E-state index in [1.807, 2.05) is 30.3 Å². The molecule has 1 aliphatic rings. The fourth-order valence-electron chi connectivity index (χ4n) is 1.95. The number of hydrogen-bond acceptors (Lipinski definition) is 3. The van der Waals surface area contributed by atoms with Crippen molar-refractivity contribution in [3.63, 3.8) is 0 Å². The predicted octanol–water partition coefficient (Wildman–Crippen LogP) is 1.65. The quantitative estimate of drug-likeness (QED) is 0.781. The van der Waals surface area contributed by atoms with Crippen molar-refractivity contribution in [2.75, 3.05) is 13.1 Å². The van der Waals surface area contributed by atoms with Gasteiger partial charge in [-0.25, -0.2) is 0 Å². The summed E-state index contributed by atoms with van der Waals surface area (Å²) in [6.45, 7) is 1.19. The van der Waals surface area contributed by atoms with Crippen molar-refractivity contribution < 1.29 is 5.11 Å². The van der Waals surface area contributed by atoms with Gasteiger partial charge in [0.1, 0.15) is 0 Å². The average Bonchev–Trinajstić information content (AvgIpc) is 3.20. The second-order valence-corrected chi connectivity index (χ2v) is 4.66. The van der Waals surface area contributed by atoms with E-state index in [4.69, 9.17) is 5.26 Å². The zero-order valence-electron chi connectivity index (χ0n) is 9.84. The van der Waals surface area contributed by atoms with E-state index in [1.165, 1.54) is 0 Å². The van der Waals surface area contributed by atoms with Crippen LogP contribution in [0, 0.1) is 17.2 Å². The first-order valence-electron chi connectivity index (χ1n) is 6.14. The van der Waals surface area contributed by atoms with Gasteiger partial charge in [-0.1, -0.05) is 30.3 Å². The van der Waals surface area contributed by atoms with Crippen LogP contribution in [0.3, 0.4) is 0 Å². The summed E-state index contributed by atoms with van der Waals surface area (Å²) in [6.07, 6.45) is 2.04. The second-order valence-electron chi connectivity index (χ2n) is 4.66. The summed E-state index contributed by atoms with van der Waals surface area (Å²) in [5.41, 5.74) is 1.03. The third-order valence-corrected chi connectivity index (χ3v) is 3.23. The summed E-state index contributed by atoms with van der Waals surface area (Å²) in [5, 5.41) is 22.0. The monoisotopic (exact) mass is 230 g/mol. The smallest absolute Gasteiger partial charge is 0.0837 e. The van der Waals surface area contributed by atoms with Gasteiger partial charge in [-0.15, -0.1) is 0 Å². The van der Waals surface area contributed by atoms with E-state index in [-0.39, 0.29) is 12.0 Å². The third-order valence-electron chi connectivity index (χ3n) is 3.23. The number of hydrogen-bond donors (Lipinski definition) is 2. The van der Waals surface area contributed by atoms with E-state index in [0.717, 1.165) is 18.4 Å². The first-order chi connectivity index (χ1) is 8.31. The summed E-state index contributed by atoms with van der Waals surface area (Å²) >= 11 is 0. The Kier molecular flexibility index (Phi) is 4.13. The number of aliphatic hydroxyl groups is 1. The average molecular weight is 230 g/mol. The molecule has 2 rings (SSSR count). The second kappa shape index (κ2) is 5.81. The van der Waals surface area contributed by atoms with Crippen LogP contribution in [0.5, 0.6) is 0 Å². The molecular formula is C14H18N2O. The van der Waals surface area contributed by atoms with Crippen molar-refractivity contribution in [1.29, 1.82) is 5.26 Å². The topological polar surface area (TPSA) is 56.0 Å². The van der Waals surface area contributed by atoms with Gasteiger partial charge in [0.25, 0.3) is 0 Å². The molecule has 3 nitrogen and oxygen atoms in total. The lowest BCUT2D eigenvalue weighted by Crippen LogP contribution is -2.31. The fraction of sp³-hybridized carbons (Fsp3) is 0.500. The minimum atomic E-state index is -0.245. The van der Waals surface area contributed by atoms with Gasteiger partial charge in [-0.3, -0.25) is 0 Å². The number of rotatable bonds is 6. The Bertz CT molecular complexity index is 381. The standard InChI is InChI=1S/C14H18N2O/c15-8-13(11-4-2-1-3-5-11)9-16-10-14(17)12-6-7-12/h1-5,12-14,16-17H,6-7,9-10H2. The molecule has 2 unspecified atom stereocenters. The normalized spacial score (nSPS) is 18.4. The van der Waals surface area contributed by atoms with Crippen LogP contribution in [0.4, 0.5) is 0 Å². The van der Waals surface area contributed by atoms with Gasteiger partial charge in [0, 0.05) is 13.1 Å². The van der Waals surface area contributed by atoms with Crippen LogP contribution in [0.1, 0.15) is 24.3 Å². The van der Waals surface area contributed by atoms with E-state index in [1.54, 1.807) is 0 Å². The molecule has 1 saturated carbocycles. The zero-order valence-corrected chi connectivity index (χ0v) is 9.84. The molecule has 0 radical (unpaired) electrons. The van der Waals surface area contributed by atoms with Crippen LogP contribution in [0.25, 0.3) is 0 Å². The van der Waals surface area contributed by atoms with E-state index in [0.29, 0.717) is 19.0 Å². The van der Waals surface area contributed by atoms with Gasteiger partial charge >= 0.3 is 0 Å². The van der Waals surface area contributed by atoms with E-state index < -0.39 is 0 Å². The Morgan fingerprint density at radius 1 is 1.29 bits per heavy atom. The van der Waals surface area contributed by atoms with Gasteiger partial charge in [0.15, 0.2) is 0 Å². The highest BCUT2D eigenvalue weighted by Crippen LogP contribution is 2.32. The van der Waals surface area contributed by atoms with Crippen LogP contribution < -0.4 is 5.32 Å². The number of aliphatic hydroxyl groups excluding tert-OH is 1. The summed E-state index contributed by atoms with van der Waals surface area (Å²) in [6, 6.07) is 12.1. The van der Waals surface area contributed by atoms with Crippen LogP contribution in [-0.2, 0) is 0 Å². The molecule has 0 aliphatic heterocycles. The zero-order chi connectivity index (χ0) is 12.1. The third kappa shape index (κ3) is 3.55. The van der Waals surface area contributed by atoms with Crippen molar-refractivity contribution in [1.82, 2.24) is 5.32 Å². The number of nitriles is 1. The molecule has 17 heavy (non-hydrogen) atoms. The van der Waals surface area contributed by atoms with Crippen molar-refractivity contribution in [2.45, 2.75) is 24.9 Å². The van der Waals surface area contributed by atoms with Gasteiger partial charge in [0.05, 0.1) is 18.1 Å². The maximum Gasteiger partial charge on any atom is 0.0837 e. The van der Waals surface area contributed by atoms with Crippen molar-refractivity contribution in [3.8, 4) is 6.07 Å². The van der Waals surface area contributed by atoms with Gasteiger partial charge in [-0.2, -0.15) is 5.26 Å². The lowest BCUT2D eigenvalue weighted by molar-refractivity contribution is 0.149. The van der Waals surface area contributed by atoms with Crippen molar-refractivity contribution in [2.24, 2.45) is 5.92 Å². The van der Waals surface area contributed by atoms with Crippen LogP contribution in [-0.4, -0.2) is 24.3 Å². The summed E-state index contributed by atoms with van der Waals surface area (Å²) in [7, 11) is 0. The van der Waals surface area contributed by atoms with E-state index in [2.05, 4.69) is 11.4 Å². The molecule has 3 heteroatoms. The molecule has 1 aromatic rings. The molecule has 0 bridgehead atoms. The summed E-state index contributed by atoms with van der Waals surface area (Å²) < 4.78 is 0. The molecule has 0 saturated heterocycles. The molecule has 90 valence electrons. The molecule has 0 spiro atoms. The molecule has 2 atom stereocenters. The highest BCUT2D eigenvalue weighted by Gasteiger charge is 2.29. The maximum atomic E-state index is 9.70. The molecule has 1 aliphatic carbocycles. The highest BCUT2D eigenvalue weighted by atomic mass is 16.3. The first-order valence-corrected chi connectivity index (χ1v) is 6.14. The lowest BCUT2D eigenvalue weighted by atomic mass is 10.0.